The number of pyridine rings is 1. The number of para-hydroxylation sites is 1. The molecule has 320 valence electrons. The number of nitrogens with one attached hydrogen (secondary N) is 3. The van der Waals surface area contributed by atoms with Gasteiger partial charge >= 0.3 is 0 Å². The molecular weight excluding hydrogens is 765 g/mol. The minimum atomic E-state index is -0.648. The van der Waals surface area contributed by atoms with Crippen LogP contribution < -0.4 is 21.7 Å². The molecule has 1 saturated heterocycles. The largest absolute Gasteiger partial charge is 0.382 e. The number of anilines is 1. The summed E-state index contributed by atoms with van der Waals surface area (Å²) in [6.45, 7) is 11.1. The van der Waals surface area contributed by atoms with Gasteiger partial charge in [-0.1, -0.05) is 57.2 Å². The molecule has 0 radical (unpaired) electrons. The summed E-state index contributed by atoms with van der Waals surface area (Å²) in [7, 11) is 0. The Labute approximate surface area is 345 Å². The Morgan fingerprint density at radius 1 is 0.879 bits per heavy atom. The standard InChI is InChI=1S/C41H62N8O8S/c1-5-7-8-9-10-13-18-43-35(52)27-58-31-25-36(53)48(40(31)54)20-16-33(50)44-19-22-57-24-23-56-21-17-34(51)47-41(3,4)28-49-32(26-55-6-2)46-37-38(49)29-14-11-12-15-30(29)45-39(37)42/h11-12,14-15,31H,5-10,13,16-28H2,1-4H3,(H2,42,45)(H,43,52)(H,44,50)(H,47,51). The number of amides is 5. The number of hydrogen-bond acceptors (Lipinski definition) is 12. The number of likely N-dealkylation sites (tertiary alicyclic amines) is 1. The number of aromatic nitrogens is 3. The molecule has 17 heteroatoms. The van der Waals surface area contributed by atoms with E-state index in [0.717, 1.165) is 34.2 Å². The van der Waals surface area contributed by atoms with Crippen molar-refractivity contribution in [3.05, 3.63) is 30.1 Å². The van der Waals surface area contributed by atoms with Crippen LogP contribution in [-0.2, 0) is 51.3 Å². The van der Waals surface area contributed by atoms with Crippen molar-refractivity contribution in [1.82, 2.24) is 35.4 Å². The molecule has 0 spiro atoms. The highest BCUT2D eigenvalue weighted by atomic mass is 32.2. The molecule has 0 aliphatic carbocycles. The molecule has 0 bridgehead atoms. The summed E-state index contributed by atoms with van der Waals surface area (Å²) >= 11 is 1.17. The van der Waals surface area contributed by atoms with E-state index in [-0.39, 0.29) is 101 Å². The maximum absolute atomic E-state index is 12.9. The lowest BCUT2D eigenvalue weighted by Crippen LogP contribution is -2.47. The lowest BCUT2D eigenvalue weighted by atomic mass is 10.0. The molecule has 1 aliphatic heterocycles. The SMILES string of the molecule is CCCCCCCCNC(=O)CSC1CC(=O)N(CCC(=O)NCCOCCOCCC(=O)NC(C)(C)Cn2c(COCC)nc3c(N)nc4ccccc4c32)C1=O. The number of hydrogen-bond donors (Lipinski definition) is 4. The van der Waals surface area contributed by atoms with E-state index in [1.165, 1.54) is 37.4 Å². The topological polar surface area (TPSA) is 209 Å². The van der Waals surface area contributed by atoms with Gasteiger partial charge in [-0.05, 0) is 33.3 Å². The molecule has 1 aromatic carbocycles. The van der Waals surface area contributed by atoms with Crippen molar-refractivity contribution in [2.75, 3.05) is 64.2 Å². The van der Waals surface area contributed by atoms with Gasteiger partial charge in [0, 0.05) is 57.4 Å². The van der Waals surface area contributed by atoms with E-state index in [2.05, 4.69) is 32.4 Å². The smallest absolute Gasteiger partial charge is 0.242 e. The monoisotopic (exact) mass is 826 g/mol. The molecular formula is C41H62N8O8S. The summed E-state index contributed by atoms with van der Waals surface area (Å²) in [5.74, 6) is -0.152. The number of nitrogens with two attached hydrogens (primary N) is 1. The molecule has 4 rings (SSSR count). The number of benzene rings is 1. The molecule has 58 heavy (non-hydrogen) atoms. The van der Waals surface area contributed by atoms with E-state index in [4.69, 9.17) is 24.9 Å². The molecule has 1 aliphatic rings. The van der Waals surface area contributed by atoms with Crippen molar-refractivity contribution >= 4 is 69.1 Å². The second kappa shape index (κ2) is 23.9. The molecule has 3 heterocycles. The van der Waals surface area contributed by atoms with E-state index >= 15 is 0 Å². The van der Waals surface area contributed by atoms with E-state index < -0.39 is 10.8 Å². The van der Waals surface area contributed by atoms with Crippen molar-refractivity contribution in [3.8, 4) is 0 Å². The molecule has 16 nitrogen and oxygen atoms in total. The first-order chi connectivity index (χ1) is 27.9. The van der Waals surface area contributed by atoms with Crippen LogP contribution in [0.1, 0.15) is 91.3 Å². The minimum Gasteiger partial charge on any atom is -0.382 e. The number of imide groups is 1. The van der Waals surface area contributed by atoms with Crippen LogP contribution in [0.5, 0.6) is 0 Å². The quantitative estimate of drug-likeness (QED) is 0.0608. The first-order valence-electron chi connectivity index (χ1n) is 20.5. The number of rotatable bonds is 28. The predicted octanol–water partition coefficient (Wildman–Crippen LogP) is 3.87. The van der Waals surface area contributed by atoms with Crippen LogP contribution in [0.4, 0.5) is 5.82 Å². The van der Waals surface area contributed by atoms with Gasteiger partial charge in [-0.3, -0.25) is 28.9 Å². The number of nitrogens with zero attached hydrogens (tertiary/aromatic N) is 4. The third kappa shape index (κ3) is 14.5. The zero-order chi connectivity index (χ0) is 41.9. The van der Waals surface area contributed by atoms with E-state index in [1.54, 1.807) is 0 Å². The van der Waals surface area contributed by atoms with Crippen LogP contribution in [0.15, 0.2) is 24.3 Å². The van der Waals surface area contributed by atoms with E-state index in [1.807, 2.05) is 45.0 Å². The number of imidazole rings is 1. The Bertz CT molecular complexity index is 1840. The zero-order valence-corrected chi connectivity index (χ0v) is 35.4. The summed E-state index contributed by atoms with van der Waals surface area (Å²) in [6.07, 6.45) is 6.98. The number of nitrogen functional groups attached to an aromatic ring is 1. The van der Waals surface area contributed by atoms with Gasteiger partial charge in [-0.2, -0.15) is 0 Å². The Morgan fingerprint density at radius 3 is 2.38 bits per heavy atom. The lowest BCUT2D eigenvalue weighted by molar-refractivity contribution is -0.138. The van der Waals surface area contributed by atoms with Gasteiger partial charge < -0.3 is 40.5 Å². The van der Waals surface area contributed by atoms with Crippen molar-refractivity contribution < 1.29 is 38.2 Å². The van der Waals surface area contributed by atoms with Gasteiger partial charge in [0.2, 0.25) is 29.5 Å². The molecule has 5 N–H and O–H groups in total. The second-order valence-corrected chi connectivity index (χ2v) is 16.2. The van der Waals surface area contributed by atoms with Crippen molar-refractivity contribution in [3.63, 3.8) is 0 Å². The van der Waals surface area contributed by atoms with Crippen LogP contribution in [0, 0.1) is 0 Å². The summed E-state index contributed by atoms with van der Waals surface area (Å²) in [5.41, 5.74) is 7.87. The molecule has 1 unspecified atom stereocenters. The van der Waals surface area contributed by atoms with Gasteiger partial charge in [0.05, 0.1) is 54.0 Å². The summed E-state index contributed by atoms with van der Waals surface area (Å²) in [6, 6.07) is 7.75. The number of carbonyl (C=O) groups excluding carboxylic acids is 5. The fraction of sp³-hybridized carbons (Fsp3) is 0.634. The second-order valence-electron chi connectivity index (χ2n) is 15.0. The van der Waals surface area contributed by atoms with Gasteiger partial charge in [0.15, 0.2) is 5.82 Å². The average molecular weight is 827 g/mol. The number of thioether (sulfide) groups is 1. The highest BCUT2D eigenvalue weighted by Gasteiger charge is 2.39. The van der Waals surface area contributed by atoms with Gasteiger partial charge in [-0.25, -0.2) is 9.97 Å². The molecule has 5 amide bonds. The average Bonchev–Trinajstić information content (AvgIpc) is 3.68. The maximum atomic E-state index is 12.9. The van der Waals surface area contributed by atoms with Crippen molar-refractivity contribution in [2.24, 2.45) is 0 Å². The summed E-state index contributed by atoms with van der Waals surface area (Å²) < 4.78 is 18.9. The minimum absolute atomic E-state index is 0.0102. The van der Waals surface area contributed by atoms with Crippen LogP contribution in [0.3, 0.4) is 0 Å². The summed E-state index contributed by atoms with van der Waals surface area (Å²) in [5, 5.41) is 9.02. The Kier molecular flexibility index (Phi) is 19.1. The van der Waals surface area contributed by atoms with Crippen LogP contribution in [0.25, 0.3) is 21.9 Å². The number of fused-ring (bicyclic) bond motifs is 3. The predicted molar refractivity (Wildman–Crippen MR) is 225 cm³/mol. The van der Waals surface area contributed by atoms with Gasteiger partial charge in [0.25, 0.3) is 0 Å². The third-order valence-electron chi connectivity index (χ3n) is 9.60. The van der Waals surface area contributed by atoms with Gasteiger partial charge in [-0.15, -0.1) is 11.8 Å². The van der Waals surface area contributed by atoms with Crippen molar-refractivity contribution in [1.29, 1.82) is 0 Å². The van der Waals surface area contributed by atoms with E-state index in [9.17, 15) is 24.0 Å². The van der Waals surface area contributed by atoms with Crippen molar-refractivity contribution in [2.45, 2.75) is 109 Å². The molecule has 1 atom stereocenters. The Hall–Kier alpha value is -4.32. The number of unbranched alkanes of at least 4 members (excludes halogenated alkanes) is 5. The van der Waals surface area contributed by atoms with Gasteiger partial charge in [0.1, 0.15) is 17.9 Å². The highest BCUT2D eigenvalue weighted by Crippen LogP contribution is 2.30. The number of ether oxygens (including phenoxy) is 3. The fourth-order valence-corrected chi connectivity index (χ4v) is 7.67. The first kappa shape index (κ1) is 46.4. The fourth-order valence-electron chi connectivity index (χ4n) is 6.68. The molecule has 3 aromatic rings. The maximum Gasteiger partial charge on any atom is 0.242 e. The third-order valence-corrected chi connectivity index (χ3v) is 10.8. The first-order valence-corrected chi connectivity index (χ1v) is 21.6. The normalized spacial score (nSPS) is 14.5. The van der Waals surface area contributed by atoms with Crippen LogP contribution >= 0.6 is 11.8 Å². The number of carbonyl (C=O) groups is 5. The zero-order valence-electron chi connectivity index (χ0n) is 34.6. The molecule has 1 fully saturated rings. The Balaban J connectivity index is 1.06. The van der Waals surface area contributed by atoms with E-state index in [0.29, 0.717) is 36.9 Å². The molecule has 2 aromatic heterocycles. The highest BCUT2D eigenvalue weighted by molar-refractivity contribution is 8.01. The lowest BCUT2D eigenvalue weighted by Gasteiger charge is -2.28. The van der Waals surface area contributed by atoms with Crippen LogP contribution in [0.2, 0.25) is 0 Å². The summed E-state index contributed by atoms with van der Waals surface area (Å²) in [4.78, 5) is 73.1. The Morgan fingerprint density at radius 2 is 1.60 bits per heavy atom. The molecule has 0 saturated carbocycles. The van der Waals surface area contributed by atoms with Crippen LogP contribution in [-0.4, -0.2) is 118 Å².